The van der Waals surface area contributed by atoms with E-state index in [0.29, 0.717) is 11.1 Å². The van der Waals surface area contributed by atoms with E-state index in [1.807, 2.05) is 39.8 Å². The Morgan fingerprint density at radius 1 is 1.00 bits per heavy atom. The molecule has 1 fully saturated rings. The number of hydrogen-bond donors (Lipinski definition) is 2. The molecule has 1 aliphatic rings. The molecule has 1 saturated carbocycles. The van der Waals surface area contributed by atoms with Gasteiger partial charge in [-0.2, -0.15) is 0 Å². The Morgan fingerprint density at radius 3 is 2.28 bits per heavy atom. The zero-order valence-corrected chi connectivity index (χ0v) is 17.7. The SMILES string of the molecule is Cc1cc(-c2ccc(NC(C)C)cc2F)c(C)cc1C(=O)C(C)C(=O)NC1CC1. The summed E-state index contributed by atoms with van der Waals surface area (Å²) in [6.07, 6.45) is 1.97. The lowest BCUT2D eigenvalue weighted by atomic mass is 9.89. The number of Topliss-reactive ketones (excluding diaryl/α,β-unsaturated/α-hetero) is 1. The van der Waals surface area contributed by atoms with Crippen molar-refractivity contribution in [3.63, 3.8) is 0 Å². The molecule has 29 heavy (non-hydrogen) atoms. The van der Waals surface area contributed by atoms with E-state index in [4.69, 9.17) is 0 Å². The number of benzene rings is 2. The maximum atomic E-state index is 14.8. The van der Waals surface area contributed by atoms with Crippen LogP contribution in [0.4, 0.5) is 10.1 Å². The van der Waals surface area contributed by atoms with Gasteiger partial charge in [-0.05, 0) is 88.4 Å². The molecule has 0 spiro atoms. The van der Waals surface area contributed by atoms with Crippen molar-refractivity contribution in [1.29, 1.82) is 0 Å². The third-order valence-electron chi connectivity index (χ3n) is 5.26. The first-order valence-electron chi connectivity index (χ1n) is 10.2. The highest BCUT2D eigenvalue weighted by molar-refractivity contribution is 6.10. The molecule has 1 amide bonds. The molecule has 1 unspecified atom stereocenters. The molecule has 0 aliphatic heterocycles. The van der Waals surface area contributed by atoms with Crippen molar-refractivity contribution in [3.8, 4) is 11.1 Å². The third-order valence-corrected chi connectivity index (χ3v) is 5.26. The van der Waals surface area contributed by atoms with E-state index in [1.54, 1.807) is 19.1 Å². The number of carbonyl (C=O) groups excluding carboxylic acids is 2. The number of amides is 1. The molecule has 154 valence electrons. The van der Waals surface area contributed by atoms with E-state index >= 15 is 0 Å². The van der Waals surface area contributed by atoms with Crippen molar-refractivity contribution >= 4 is 17.4 Å². The van der Waals surface area contributed by atoms with Crippen molar-refractivity contribution in [2.75, 3.05) is 5.32 Å². The summed E-state index contributed by atoms with van der Waals surface area (Å²) in [6, 6.07) is 9.15. The van der Waals surface area contributed by atoms with Crippen LogP contribution in [-0.4, -0.2) is 23.8 Å². The summed E-state index contributed by atoms with van der Waals surface area (Å²) in [6.45, 7) is 9.33. The van der Waals surface area contributed by atoms with Gasteiger partial charge in [-0.1, -0.05) is 6.07 Å². The Hall–Kier alpha value is -2.69. The van der Waals surface area contributed by atoms with Gasteiger partial charge in [0.05, 0.1) is 5.92 Å². The van der Waals surface area contributed by atoms with E-state index < -0.39 is 5.92 Å². The Bertz CT molecular complexity index is 948. The van der Waals surface area contributed by atoms with Gasteiger partial charge in [-0.3, -0.25) is 9.59 Å². The fraction of sp³-hybridized carbons (Fsp3) is 0.417. The van der Waals surface area contributed by atoms with Crippen LogP contribution in [0.2, 0.25) is 0 Å². The van der Waals surface area contributed by atoms with Crippen LogP contribution in [-0.2, 0) is 4.79 Å². The van der Waals surface area contributed by atoms with Crippen LogP contribution >= 0.6 is 0 Å². The van der Waals surface area contributed by atoms with Crippen LogP contribution in [0.3, 0.4) is 0 Å². The molecule has 2 aromatic rings. The van der Waals surface area contributed by atoms with Gasteiger partial charge in [0.25, 0.3) is 0 Å². The topological polar surface area (TPSA) is 58.2 Å². The number of anilines is 1. The third kappa shape index (κ3) is 4.84. The second kappa shape index (κ2) is 8.36. The number of aryl methyl sites for hydroxylation is 2. The van der Waals surface area contributed by atoms with Gasteiger partial charge in [-0.25, -0.2) is 4.39 Å². The maximum absolute atomic E-state index is 14.8. The molecule has 0 saturated heterocycles. The lowest BCUT2D eigenvalue weighted by Gasteiger charge is -2.16. The van der Waals surface area contributed by atoms with Gasteiger partial charge >= 0.3 is 0 Å². The van der Waals surface area contributed by atoms with Gasteiger partial charge in [0.15, 0.2) is 5.78 Å². The minimum absolute atomic E-state index is 0.202. The molecule has 2 N–H and O–H groups in total. The summed E-state index contributed by atoms with van der Waals surface area (Å²) in [5.41, 5.74) is 4.05. The number of carbonyl (C=O) groups is 2. The van der Waals surface area contributed by atoms with Crippen LogP contribution < -0.4 is 10.6 Å². The molecule has 0 radical (unpaired) electrons. The predicted octanol–water partition coefficient (Wildman–Crippen LogP) is 5.03. The maximum Gasteiger partial charge on any atom is 0.230 e. The molecule has 0 bridgehead atoms. The summed E-state index contributed by atoms with van der Waals surface area (Å²) in [5.74, 6) is -1.47. The number of halogens is 1. The molecular weight excluding hydrogens is 367 g/mol. The van der Waals surface area contributed by atoms with E-state index in [1.165, 1.54) is 6.07 Å². The average molecular weight is 397 g/mol. The summed E-state index contributed by atoms with van der Waals surface area (Å²) in [7, 11) is 0. The highest BCUT2D eigenvalue weighted by Gasteiger charge is 2.30. The highest BCUT2D eigenvalue weighted by Crippen LogP contribution is 2.31. The number of nitrogens with one attached hydrogen (secondary N) is 2. The second-order valence-electron chi connectivity index (χ2n) is 8.34. The first-order valence-corrected chi connectivity index (χ1v) is 10.2. The van der Waals surface area contributed by atoms with E-state index in [9.17, 15) is 14.0 Å². The summed E-state index contributed by atoms with van der Waals surface area (Å²) in [4.78, 5) is 25.1. The first kappa shape index (κ1) is 21.0. The summed E-state index contributed by atoms with van der Waals surface area (Å²) in [5, 5.41) is 6.08. The Labute approximate surface area is 171 Å². The molecule has 0 heterocycles. The minimum Gasteiger partial charge on any atom is -0.383 e. The Balaban J connectivity index is 1.87. The smallest absolute Gasteiger partial charge is 0.230 e. The fourth-order valence-electron chi connectivity index (χ4n) is 3.43. The first-order chi connectivity index (χ1) is 13.7. The molecular formula is C24H29FN2O2. The molecule has 1 atom stereocenters. The monoisotopic (exact) mass is 396 g/mol. The quantitative estimate of drug-likeness (QED) is 0.510. The van der Waals surface area contributed by atoms with Crippen LogP contribution in [0.15, 0.2) is 30.3 Å². The molecule has 1 aliphatic carbocycles. The summed E-state index contributed by atoms with van der Waals surface area (Å²) < 4.78 is 14.8. The Morgan fingerprint density at radius 2 is 1.69 bits per heavy atom. The molecule has 4 nitrogen and oxygen atoms in total. The normalized spacial score (nSPS) is 14.6. The van der Waals surface area contributed by atoms with Gasteiger partial charge in [0.1, 0.15) is 5.82 Å². The van der Waals surface area contributed by atoms with Gasteiger partial charge in [0.2, 0.25) is 5.91 Å². The van der Waals surface area contributed by atoms with Crippen molar-refractivity contribution in [3.05, 3.63) is 52.8 Å². The van der Waals surface area contributed by atoms with Crippen LogP contribution in [0.1, 0.15) is 55.1 Å². The molecule has 2 aromatic carbocycles. The van der Waals surface area contributed by atoms with E-state index in [2.05, 4.69) is 10.6 Å². The van der Waals surface area contributed by atoms with Crippen LogP contribution in [0.5, 0.6) is 0 Å². The van der Waals surface area contributed by atoms with Crippen molar-refractivity contribution in [2.24, 2.45) is 5.92 Å². The number of ketones is 1. The van der Waals surface area contributed by atoms with Crippen LogP contribution in [0, 0.1) is 25.6 Å². The zero-order valence-electron chi connectivity index (χ0n) is 17.7. The van der Waals surface area contributed by atoms with Crippen molar-refractivity contribution in [1.82, 2.24) is 5.32 Å². The highest BCUT2D eigenvalue weighted by atomic mass is 19.1. The largest absolute Gasteiger partial charge is 0.383 e. The lowest BCUT2D eigenvalue weighted by molar-refractivity contribution is -0.123. The standard InChI is InChI=1S/C24H29FN2O2/c1-13(2)26-18-8-9-19(22(25)12-18)20-10-15(4)21(11-14(20)3)23(28)16(5)24(29)27-17-6-7-17/h8-13,16-17,26H,6-7H2,1-5H3,(H,27,29). The van der Waals surface area contributed by atoms with Crippen LogP contribution in [0.25, 0.3) is 11.1 Å². The zero-order chi connectivity index (χ0) is 21.3. The van der Waals surface area contributed by atoms with Crippen molar-refractivity contribution < 1.29 is 14.0 Å². The molecule has 3 rings (SSSR count). The lowest BCUT2D eigenvalue weighted by Crippen LogP contribution is -2.35. The van der Waals surface area contributed by atoms with E-state index in [0.717, 1.165) is 35.2 Å². The Kier molecular flexibility index (Phi) is 6.06. The number of rotatable bonds is 7. The number of hydrogen-bond acceptors (Lipinski definition) is 3. The molecule has 0 aromatic heterocycles. The van der Waals surface area contributed by atoms with Gasteiger partial charge < -0.3 is 10.6 Å². The average Bonchev–Trinajstić information content (AvgIpc) is 3.46. The minimum atomic E-state index is -0.738. The van der Waals surface area contributed by atoms with Gasteiger partial charge in [0, 0.05) is 28.9 Å². The van der Waals surface area contributed by atoms with Gasteiger partial charge in [-0.15, -0.1) is 0 Å². The fourth-order valence-corrected chi connectivity index (χ4v) is 3.43. The van der Waals surface area contributed by atoms with Crippen molar-refractivity contribution in [2.45, 2.75) is 59.5 Å². The van der Waals surface area contributed by atoms with E-state index in [-0.39, 0.29) is 29.6 Å². The molecule has 5 heteroatoms. The predicted molar refractivity (Wildman–Crippen MR) is 115 cm³/mol. The summed E-state index contributed by atoms with van der Waals surface area (Å²) >= 11 is 0. The second-order valence-corrected chi connectivity index (χ2v) is 8.34.